The fraction of sp³-hybridized carbons (Fsp3) is 0.333. The Hall–Kier alpha value is -0.850. The van der Waals surface area contributed by atoms with Crippen molar-refractivity contribution in [1.29, 1.82) is 0 Å². The Morgan fingerprint density at radius 2 is 2.13 bits per heavy atom. The largest absolute Gasteiger partial charge is 0.493 e. The summed E-state index contributed by atoms with van der Waals surface area (Å²) in [7, 11) is 2.87. The van der Waals surface area contributed by atoms with E-state index >= 15 is 0 Å². The van der Waals surface area contributed by atoms with Crippen LogP contribution in [0.25, 0.3) is 0 Å². The topological polar surface area (TPSA) is 50.7 Å². The Bertz CT molecular complexity index is 360. The smallest absolute Gasteiger partial charge is 0.166 e. The lowest BCUT2D eigenvalue weighted by Crippen LogP contribution is -2.10. The van der Waals surface area contributed by atoms with E-state index < -0.39 is 5.82 Å². The summed E-state index contributed by atoms with van der Waals surface area (Å²) < 4.78 is 23.7. The molecule has 1 aromatic rings. The monoisotopic (exact) mass is 279 g/mol. The van der Waals surface area contributed by atoms with Gasteiger partial charge in [-0.05, 0) is 15.9 Å². The maximum absolute atomic E-state index is 13.4. The van der Waals surface area contributed by atoms with Crippen LogP contribution in [0.1, 0.15) is 5.56 Å². The molecular formula is C9H11BrFNO3. The predicted molar refractivity (Wildman–Crippen MR) is 55.8 cm³/mol. The Morgan fingerprint density at radius 1 is 1.47 bits per heavy atom. The first-order valence-corrected chi connectivity index (χ1v) is 4.90. The molecule has 0 heterocycles. The molecule has 0 aromatic heterocycles. The molecule has 0 fully saturated rings. The first-order chi connectivity index (χ1) is 7.15. The van der Waals surface area contributed by atoms with Crippen LogP contribution in [0.5, 0.6) is 11.5 Å². The average Bonchev–Trinajstić information content (AvgIpc) is 2.24. The Kier molecular flexibility index (Phi) is 4.31. The SMILES string of the molecule is COc1cc(F)c(Br)c(CNO)c1OC. The molecular weight excluding hydrogens is 269 g/mol. The highest BCUT2D eigenvalue weighted by molar-refractivity contribution is 9.10. The van der Waals surface area contributed by atoms with Gasteiger partial charge in [0, 0.05) is 11.6 Å². The van der Waals surface area contributed by atoms with E-state index in [1.807, 2.05) is 5.48 Å². The van der Waals surface area contributed by atoms with Crippen LogP contribution in [0, 0.1) is 5.82 Å². The van der Waals surface area contributed by atoms with E-state index in [-0.39, 0.29) is 16.8 Å². The van der Waals surface area contributed by atoms with Crippen molar-refractivity contribution in [3.63, 3.8) is 0 Å². The number of hydroxylamine groups is 1. The van der Waals surface area contributed by atoms with Gasteiger partial charge in [-0.2, -0.15) is 0 Å². The lowest BCUT2D eigenvalue weighted by atomic mass is 10.2. The van der Waals surface area contributed by atoms with Crippen LogP contribution >= 0.6 is 15.9 Å². The fourth-order valence-corrected chi connectivity index (χ4v) is 1.68. The zero-order chi connectivity index (χ0) is 11.4. The summed E-state index contributed by atoms with van der Waals surface area (Å²) in [6.07, 6.45) is 0. The summed E-state index contributed by atoms with van der Waals surface area (Å²) in [6, 6.07) is 1.21. The minimum atomic E-state index is -0.474. The van der Waals surface area contributed by atoms with E-state index in [0.717, 1.165) is 0 Å². The first kappa shape index (κ1) is 12.2. The summed E-state index contributed by atoms with van der Waals surface area (Å²) in [5.41, 5.74) is 2.40. The average molecular weight is 280 g/mol. The van der Waals surface area contributed by atoms with Gasteiger partial charge in [0.1, 0.15) is 5.82 Å². The molecule has 0 saturated carbocycles. The van der Waals surface area contributed by atoms with Gasteiger partial charge in [0.15, 0.2) is 11.5 Å². The van der Waals surface area contributed by atoms with Crippen molar-refractivity contribution >= 4 is 15.9 Å². The lowest BCUT2D eigenvalue weighted by molar-refractivity contribution is 0.159. The van der Waals surface area contributed by atoms with Gasteiger partial charge in [-0.1, -0.05) is 0 Å². The molecule has 0 atom stereocenters. The highest BCUT2D eigenvalue weighted by Gasteiger charge is 2.17. The van der Waals surface area contributed by atoms with Gasteiger partial charge in [-0.25, -0.2) is 9.87 Å². The van der Waals surface area contributed by atoms with Gasteiger partial charge >= 0.3 is 0 Å². The zero-order valence-corrected chi connectivity index (χ0v) is 9.89. The number of hydrogen-bond acceptors (Lipinski definition) is 4. The second-order valence-corrected chi connectivity index (χ2v) is 3.51. The predicted octanol–water partition coefficient (Wildman–Crippen LogP) is 2.08. The standard InChI is InChI=1S/C9H11BrFNO3/c1-14-7-3-6(11)8(10)5(4-12-13)9(7)15-2/h3,12-13H,4H2,1-2H3. The molecule has 0 aliphatic heterocycles. The van der Waals surface area contributed by atoms with Crippen molar-refractivity contribution in [3.8, 4) is 11.5 Å². The second-order valence-electron chi connectivity index (χ2n) is 2.72. The molecule has 0 amide bonds. The summed E-state index contributed by atoms with van der Waals surface area (Å²) >= 11 is 3.07. The number of ether oxygens (including phenoxy) is 2. The van der Waals surface area contributed by atoms with E-state index in [4.69, 9.17) is 14.7 Å². The van der Waals surface area contributed by atoms with Gasteiger partial charge < -0.3 is 14.7 Å². The number of halogens is 2. The molecule has 1 rings (SSSR count). The zero-order valence-electron chi connectivity index (χ0n) is 8.30. The van der Waals surface area contributed by atoms with E-state index in [2.05, 4.69) is 15.9 Å². The van der Waals surface area contributed by atoms with E-state index in [9.17, 15) is 4.39 Å². The van der Waals surface area contributed by atoms with E-state index in [1.165, 1.54) is 20.3 Å². The van der Waals surface area contributed by atoms with Gasteiger partial charge in [0.2, 0.25) is 0 Å². The number of hydrogen-bond donors (Lipinski definition) is 2. The number of benzene rings is 1. The molecule has 0 radical (unpaired) electrons. The van der Waals surface area contributed by atoms with Gasteiger partial charge in [-0.15, -0.1) is 0 Å². The molecule has 15 heavy (non-hydrogen) atoms. The molecule has 1 aromatic carbocycles. The molecule has 0 saturated heterocycles. The second kappa shape index (κ2) is 5.29. The highest BCUT2D eigenvalue weighted by Crippen LogP contribution is 2.37. The molecule has 0 aliphatic carbocycles. The Morgan fingerprint density at radius 3 is 2.60 bits per heavy atom. The van der Waals surface area contributed by atoms with Crippen molar-refractivity contribution in [2.75, 3.05) is 14.2 Å². The third-order valence-electron chi connectivity index (χ3n) is 1.91. The van der Waals surface area contributed by atoms with Gasteiger partial charge in [0.05, 0.1) is 25.2 Å². The maximum atomic E-state index is 13.4. The van der Waals surface area contributed by atoms with Crippen LogP contribution in [0.3, 0.4) is 0 Å². The minimum Gasteiger partial charge on any atom is -0.493 e. The molecule has 4 nitrogen and oxygen atoms in total. The van der Waals surface area contributed by atoms with Crippen LogP contribution < -0.4 is 15.0 Å². The summed E-state index contributed by atoms with van der Waals surface area (Å²) in [6.45, 7) is 0.0534. The number of nitrogens with one attached hydrogen (secondary N) is 1. The molecule has 84 valence electrons. The fourth-order valence-electron chi connectivity index (χ4n) is 1.25. The van der Waals surface area contributed by atoms with Crippen molar-refractivity contribution in [1.82, 2.24) is 5.48 Å². The van der Waals surface area contributed by atoms with E-state index in [1.54, 1.807) is 0 Å². The van der Waals surface area contributed by atoms with Crippen molar-refractivity contribution in [3.05, 3.63) is 21.9 Å². The van der Waals surface area contributed by atoms with Gasteiger partial charge in [-0.3, -0.25) is 0 Å². The van der Waals surface area contributed by atoms with E-state index in [0.29, 0.717) is 11.3 Å². The quantitative estimate of drug-likeness (QED) is 0.829. The van der Waals surface area contributed by atoms with Crippen molar-refractivity contribution < 1.29 is 19.1 Å². The molecule has 2 N–H and O–H groups in total. The molecule has 0 spiro atoms. The normalized spacial score (nSPS) is 10.2. The molecule has 0 bridgehead atoms. The Balaban J connectivity index is 3.35. The van der Waals surface area contributed by atoms with Crippen LogP contribution in [0.15, 0.2) is 10.5 Å². The number of methoxy groups -OCH3 is 2. The first-order valence-electron chi connectivity index (χ1n) is 4.11. The minimum absolute atomic E-state index is 0.0534. The van der Waals surface area contributed by atoms with Crippen LogP contribution in [-0.4, -0.2) is 19.4 Å². The van der Waals surface area contributed by atoms with Crippen LogP contribution in [-0.2, 0) is 6.54 Å². The third kappa shape index (κ3) is 2.39. The third-order valence-corrected chi connectivity index (χ3v) is 2.77. The summed E-state index contributed by atoms with van der Waals surface area (Å²) in [5.74, 6) is 0.189. The Labute approximate surface area is 95.1 Å². The summed E-state index contributed by atoms with van der Waals surface area (Å²) in [4.78, 5) is 0. The van der Waals surface area contributed by atoms with Crippen molar-refractivity contribution in [2.24, 2.45) is 0 Å². The van der Waals surface area contributed by atoms with Gasteiger partial charge in [0.25, 0.3) is 0 Å². The molecule has 0 aliphatic rings. The number of rotatable bonds is 4. The maximum Gasteiger partial charge on any atom is 0.166 e. The highest BCUT2D eigenvalue weighted by atomic mass is 79.9. The van der Waals surface area contributed by atoms with Crippen molar-refractivity contribution in [2.45, 2.75) is 6.54 Å². The molecule has 0 unspecified atom stereocenters. The lowest BCUT2D eigenvalue weighted by Gasteiger charge is -2.14. The summed E-state index contributed by atoms with van der Waals surface area (Å²) in [5, 5.41) is 8.63. The van der Waals surface area contributed by atoms with Crippen LogP contribution in [0.4, 0.5) is 4.39 Å². The molecule has 6 heteroatoms. The van der Waals surface area contributed by atoms with Crippen LogP contribution in [0.2, 0.25) is 0 Å².